The van der Waals surface area contributed by atoms with Crippen LogP contribution in [-0.2, 0) is 4.79 Å². The van der Waals surface area contributed by atoms with E-state index in [9.17, 15) is 4.79 Å². The molecule has 0 radical (unpaired) electrons. The Balaban J connectivity index is 2.21. The number of rotatable bonds is 5. The first-order valence-corrected chi connectivity index (χ1v) is 6.56. The maximum Gasteiger partial charge on any atom is 0.303 e. The van der Waals surface area contributed by atoms with E-state index in [0.717, 1.165) is 22.4 Å². The molecule has 0 fully saturated rings. The molecule has 20 heavy (non-hydrogen) atoms. The highest BCUT2D eigenvalue weighted by molar-refractivity contribution is 5.68. The second-order valence-corrected chi connectivity index (χ2v) is 4.85. The van der Waals surface area contributed by atoms with Crippen LogP contribution in [0.25, 0.3) is 11.1 Å². The van der Waals surface area contributed by atoms with Gasteiger partial charge in [0, 0.05) is 0 Å². The summed E-state index contributed by atoms with van der Waals surface area (Å²) in [5.41, 5.74) is 3.22. The molecule has 1 N–H and O–H groups in total. The van der Waals surface area contributed by atoms with E-state index in [0.29, 0.717) is 0 Å². The first-order chi connectivity index (χ1) is 9.60. The minimum atomic E-state index is -0.769. The molecule has 104 valence electrons. The van der Waals surface area contributed by atoms with Crippen molar-refractivity contribution >= 4 is 5.97 Å². The Bertz CT molecular complexity index is 587. The summed E-state index contributed by atoms with van der Waals surface area (Å²) in [4.78, 5) is 10.7. The second-order valence-electron chi connectivity index (χ2n) is 4.85. The summed E-state index contributed by atoms with van der Waals surface area (Å²) in [7, 11) is 1.65. The van der Waals surface area contributed by atoms with Gasteiger partial charge in [-0.2, -0.15) is 0 Å². The van der Waals surface area contributed by atoms with Crippen molar-refractivity contribution in [1.29, 1.82) is 0 Å². The van der Waals surface area contributed by atoms with Crippen LogP contribution in [0.4, 0.5) is 0 Å². The molecule has 0 aliphatic carbocycles. The summed E-state index contributed by atoms with van der Waals surface area (Å²) < 4.78 is 5.22. The summed E-state index contributed by atoms with van der Waals surface area (Å²) in [6.07, 6.45) is 0.151. The van der Waals surface area contributed by atoms with Crippen LogP contribution in [0.1, 0.15) is 24.8 Å². The van der Waals surface area contributed by atoms with Crippen LogP contribution in [-0.4, -0.2) is 18.2 Å². The third-order valence-corrected chi connectivity index (χ3v) is 3.36. The standard InChI is InChI=1S/C17H18O3/c1-12(10-17(18)19)13-6-8-14(9-7-13)15-4-3-5-16(11-15)20-2/h3-9,11-12H,10H2,1-2H3,(H,18,19). The molecule has 1 unspecified atom stereocenters. The highest BCUT2D eigenvalue weighted by Gasteiger charge is 2.10. The molecule has 3 heteroatoms. The highest BCUT2D eigenvalue weighted by Crippen LogP contribution is 2.26. The lowest BCUT2D eigenvalue weighted by atomic mass is 9.95. The van der Waals surface area contributed by atoms with Gasteiger partial charge in [0.05, 0.1) is 13.5 Å². The van der Waals surface area contributed by atoms with Gasteiger partial charge in [0.1, 0.15) is 5.75 Å². The normalized spacial score (nSPS) is 11.9. The minimum absolute atomic E-state index is 0.0202. The predicted octanol–water partition coefficient (Wildman–Crippen LogP) is 3.94. The molecule has 0 aliphatic rings. The van der Waals surface area contributed by atoms with Crippen molar-refractivity contribution in [2.24, 2.45) is 0 Å². The van der Waals surface area contributed by atoms with Gasteiger partial charge in [0.2, 0.25) is 0 Å². The van der Waals surface area contributed by atoms with Crippen molar-refractivity contribution in [3.63, 3.8) is 0 Å². The lowest BCUT2D eigenvalue weighted by Gasteiger charge is -2.10. The van der Waals surface area contributed by atoms with Crippen LogP contribution in [0.2, 0.25) is 0 Å². The van der Waals surface area contributed by atoms with Crippen molar-refractivity contribution in [1.82, 2.24) is 0 Å². The van der Waals surface area contributed by atoms with Crippen LogP contribution < -0.4 is 4.74 Å². The Morgan fingerprint density at radius 3 is 2.45 bits per heavy atom. The molecule has 0 heterocycles. The molecule has 0 saturated heterocycles. The van der Waals surface area contributed by atoms with Crippen LogP contribution >= 0.6 is 0 Å². The molecule has 3 nitrogen and oxygen atoms in total. The quantitative estimate of drug-likeness (QED) is 0.895. The minimum Gasteiger partial charge on any atom is -0.497 e. The van der Waals surface area contributed by atoms with Gasteiger partial charge in [-0.25, -0.2) is 0 Å². The smallest absolute Gasteiger partial charge is 0.303 e. The number of hydrogen-bond acceptors (Lipinski definition) is 2. The van der Waals surface area contributed by atoms with Gasteiger partial charge in [0.25, 0.3) is 0 Å². The van der Waals surface area contributed by atoms with E-state index in [1.807, 2.05) is 55.5 Å². The van der Waals surface area contributed by atoms with E-state index in [4.69, 9.17) is 9.84 Å². The Morgan fingerprint density at radius 1 is 1.15 bits per heavy atom. The van der Waals surface area contributed by atoms with Gasteiger partial charge >= 0.3 is 5.97 Å². The van der Waals surface area contributed by atoms with Gasteiger partial charge < -0.3 is 9.84 Å². The molecule has 2 rings (SSSR count). The van der Waals surface area contributed by atoms with Crippen LogP contribution in [0.3, 0.4) is 0 Å². The van der Waals surface area contributed by atoms with Crippen molar-refractivity contribution in [2.75, 3.05) is 7.11 Å². The summed E-state index contributed by atoms with van der Waals surface area (Å²) >= 11 is 0. The number of benzene rings is 2. The molecule has 1 atom stereocenters. The molecule has 2 aromatic carbocycles. The molecule has 0 amide bonds. The summed E-state index contributed by atoms with van der Waals surface area (Å²) in [6.45, 7) is 1.93. The average molecular weight is 270 g/mol. The topological polar surface area (TPSA) is 46.5 Å². The number of carboxylic acids is 1. The third kappa shape index (κ3) is 3.38. The SMILES string of the molecule is COc1cccc(-c2ccc(C(C)CC(=O)O)cc2)c1. The Hall–Kier alpha value is -2.29. The van der Waals surface area contributed by atoms with E-state index in [1.54, 1.807) is 7.11 Å². The van der Waals surface area contributed by atoms with E-state index in [-0.39, 0.29) is 12.3 Å². The molecule has 0 saturated carbocycles. The zero-order valence-electron chi connectivity index (χ0n) is 11.7. The van der Waals surface area contributed by atoms with Crippen LogP contribution in [0, 0.1) is 0 Å². The largest absolute Gasteiger partial charge is 0.497 e. The van der Waals surface area contributed by atoms with Gasteiger partial charge in [-0.05, 0) is 34.7 Å². The maximum absolute atomic E-state index is 10.7. The van der Waals surface area contributed by atoms with Crippen LogP contribution in [0.15, 0.2) is 48.5 Å². The summed E-state index contributed by atoms with van der Waals surface area (Å²) in [5.74, 6) is 0.0760. The number of carbonyl (C=O) groups is 1. The molecule has 0 aromatic heterocycles. The molecule has 0 spiro atoms. The fourth-order valence-electron chi connectivity index (χ4n) is 2.19. The Morgan fingerprint density at radius 2 is 1.85 bits per heavy atom. The number of carboxylic acid groups (broad SMARTS) is 1. The van der Waals surface area contributed by atoms with Crippen molar-refractivity contribution in [2.45, 2.75) is 19.3 Å². The first kappa shape index (κ1) is 14.1. The lowest BCUT2D eigenvalue weighted by Crippen LogP contribution is -2.02. The number of aliphatic carboxylic acids is 1. The molecular weight excluding hydrogens is 252 g/mol. The van der Waals surface area contributed by atoms with Crippen LogP contribution in [0.5, 0.6) is 5.75 Å². The van der Waals surface area contributed by atoms with E-state index in [1.165, 1.54) is 0 Å². The number of methoxy groups -OCH3 is 1. The molecule has 0 bridgehead atoms. The second kappa shape index (κ2) is 6.24. The predicted molar refractivity (Wildman–Crippen MR) is 79.1 cm³/mol. The third-order valence-electron chi connectivity index (χ3n) is 3.36. The Labute approximate surface area is 118 Å². The van der Waals surface area contributed by atoms with Gasteiger partial charge in [-0.3, -0.25) is 4.79 Å². The zero-order chi connectivity index (χ0) is 14.5. The van der Waals surface area contributed by atoms with Crippen molar-refractivity contribution in [3.05, 3.63) is 54.1 Å². The molecule has 0 aliphatic heterocycles. The zero-order valence-corrected chi connectivity index (χ0v) is 11.7. The number of ether oxygens (including phenoxy) is 1. The fraction of sp³-hybridized carbons (Fsp3) is 0.235. The maximum atomic E-state index is 10.7. The van der Waals surface area contributed by atoms with Gasteiger partial charge in [0.15, 0.2) is 0 Å². The van der Waals surface area contributed by atoms with Gasteiger partial charge in [-0.15, -0.1) is 0 Å². The monoisotopic (exact) mass is 270 g/mol. The summed E-state index contributed by atoms with van der Waals surface area (Å²) in [6, 6.07) is 15.9. The molecule has 2 aromatic rings. The van der Waals surface area contributed by atoms with E-state index < -0.39 is 5.97 Å². The van der Waals surface area contributed by atoms with Crippen molar-refractivity contribution < 1.29 is 14.6 Å². The highest BCUT2D eigenvalue weighted by atomic mass is 16.5. The van der Waals surface area contributed by atoms with Crippen molar-refractivity contribution in [3.8, 4) is 16.9 Å². The Kier molecular flexibility index (Phi) is 4.41. The summed E-state index contributed by atoms with van der Waals surface area (Å²) in [5, 5.41) is 8.82. The first-order valence-electron chi connectivity index (χ1n) is 6.56. The lowest BCUT2D eigenvalue weighted by molar-refractivity contribution is -0.137. The van der Waals surface area contributed by atoms with Gasteiger partial charge in [-0.1, -0.05) is 43.3 Å². The van der Waals surface area contributed by atoms with E-state index in [2.05, 4.69) is 0 Å². The van der Waals surface area contributed by atoms with E-state index >= 15 is 0 Å². The average Bonchev–Trinajstić information content (AvgIpc) is 2.47. The number of hydrogen-bond donors (Lipinski definition) is 1. The fourth-order valence-corrected chi connectivity index (χ4v) is 2.19. The molecular formula is C17H18O3.